The molecule has 0 aliphatic rings. The fourth-order valence-electron chi connectivity index (χ4n) is 1.13. The van der Waals surface area contributed by atoms with E-state index in [0.717, 1.165) is 0 Å². The third kappa shape index (κ3) is 37.4. The van der Waals surface area contributed by atoms with Crippen molar-refractivity contribution in [1.29, 1.82) is 0 Å². The molecule has 0 atom stereocenters. The molecule has 0 bridgehead atoms. The summed E-state index contributed by atoms with van der Waals surface area (Å²) < 4.78 is 20.6. The third-order valence-electron chi connectivity index (χ3n) is 1.45. The van der Waals surface area contributed by atoms with Gasteiger partial charge in [-0.25, -0.2) is 0 Å². The minimum atomic E-state index is -5.16. The van der Waals surface area contributed by atoms with Crippen molar-refractivity contribution in [1.82, 2.24) is 0 Å². The van der Waals surface area contributed by atoms with Gasteiger partial charge in [0.1, 0.15) is 0 Å². The Morgan fingerprint density at radius 2 is 1.00 bits per heavy atom. The fraction of sp³-hybridized carbons (Fsp3) is 1.00. The molecular formula is C4H8Na6O9P3+. The Morgan fingerprint density at radius 1 is 0.773 bits per heavy atom. The first-order valence-electron chi connectivity index (χ1n) is 3.83. The normalized spacial score (nSPS) is 10.5. The van der Waals surface area contributed by atoms with E-state index in [1.807, 2.05) is 0 Å². The van der Waals surface area contributed by atoms with Crippen LogP contribution in [0.1, 0.15) is 0 Å². The second kappa shape index (κ2) is 20.9. The van der Waals surface area contributed by atoms with Crippen LogP contribution in [0.5, 0.6) is 0 Å². The van der Waals surface area contributed by atoms with Crippen molar-refractivity contribution in [3.05, 3.63) is 0 Å². The first-order valence-corrected chi connectivity index (χ1v) is 9.05. The molecule has 0 aromatic carbocycles. The van der Waals surface area contributed by atoms with Gasteiger partial charge in [0.25, 0.3) is 0 Å². The van der Waals surface area contributed by atoms with E-state index in [9.17, 15) is 38.5 Å². The van der Waals surface area contributed by atoms with Crippen LogP contribution in [0.2, 0.25) is 0 Å². The average Bonchev–Trinajstić information content (AvgIpc) is 1.70. The van der Waals surface area contributed by atoms with Gasteiger partial charge in [-0.05, 0) is 12.3 Å². The van der Waals surface area contributed by atoms with Crippen LogP contribution >= 0.6 is 23.1 Å². The molecule has 0 unspecified atom stereocenters. The molecule has 18 heteroatoms. The minimum absolute atomic E-state index is 0. The minimum Gasteiger partial charge on any atom is -0.811 e. The molecule has 0 amide bonds. The van der Waals surface area contributed by atoms with Gasteiger partial charge in [-0.3, -0.25) is 4.89 Å². The molecule has 0 heterocycles. The predicted molar refractivity (Wildman–Crippen MR) is 42.4 cm³/mol. The van der Waals surface area contributed by atoms with Crippen molar-refractivity contribution >= 4 is 23.1 Å². The predicted octanol–water partition coefficient (Wildman–Crippen LogP) is -23.1. The molecule has 0 fully saturated rings. The van der Waals surface area contributed by atoms with Crippen molar-refractivity contribution < 1.29 is 221 Å². The Labute approximate surface area is 262 Å². The topological polar surface area (TPSA) is 193 Å². The van der Waals surface area contributed by atoms with E-state index in [1.54, 1.807) is 0 Å². The van der Waals surface area contributed by atoms with Crippen LogP contribution in [0.25, 0.3) is 0 Å². The molecule has 0 spiro atoms. The van der Waals surface area contributed by atoms with Gasteiger partial charge >= 0.3 is 177 Å². The fourth-order valence-corrected chi connectivity index (χ4v) is 4.44. The molecule has 0 aromatic heterocycles. The maximum Gasteiger partial charge on any atom is 1.00 e. The van der Waals surface area contributed by atoms with Gasteiger partial charge in [0.15, 0.2) is 0 Å². The first-order chi connectivity index (χ1) is 6.79. The van der Waals surface area contributed by atoms with E-state index in [2.05, 4.69) is 0 Å². The standard InChI is InChI=1S/C4H13O9P3.6Na/c5-14(6,7)1-4(2-15(8,9)10)3-16(11,12)13;;;;;;/h4H,1-3H2,(H2,5,6,7)(H2,8,9,10)(H2,11,12,13);;;;;;/q;6*+1/p-5. The Kier molecular flexibility index (Phi) is 44.3. The molecule has 0 aliphatic carbocycles. The summed E-state index contributed by atoms with van der Waals surface area (Å²) in [6, 6.07) is 0. The van der Waals surface area contributed by atoms with E-state index in [0.29, 0.717) is 0 Å². The van der Waals surface area contributed by atoms with Crippen LogP contribution in [0.15, 0.2) is 0 Å². The van der Waals surface area contributed by atoms with Gasteiger partial charge in [-0.2, -0.15) is 0 Å². The van der Waals surface area contributed by atoms with Gasteiger partial charge < -0.3 is 38.5 Å². The maximum atomic E-state index is 10.4. The SMILES string of the molecule is O=P([O-])([O-])CC(CP(=O)([O-])[O-])C[P+]([O-])([O-])O.[Na+].[Na+].[Na+].[Na+].[Na+].[Na+]. The average molecular weight is 431 g/mol. The Morgan fingerprint density at radius 3 is 1.14 bits per heavy atom. The van der Waals surface area contributed by atoms with Crippen LogP contribution in [0.3, 0.4) is 0 Å². The third-order valence-corrected chi connectivity index (χ3v) is 4.36. The summed E-state index contributed by atoms with van der Waals surface area (Å²) in [5.74, 6) is -1.74. The molecule has 0 rings (SSSR count). The van der Waals surface area contributed by atoms with Gasteiger partial charge in [-0.15, -0.1) is 0 Å². The van der Waals surface area contributed by atoms with Crippen LogP contribution in [-0.2, 0) is 9.13 Å². The van der Waals surface area contributed by atoms with Crippen LogP contribution in [0, 0.1) is 5.92 Å². The maximum absolute atomic E-state index is 10.4. The summed E-state index contributed by atoms with van der Waals surface area (Å²) >= 11 is 0. The molecule has 0 saturated heterocycles. The second-order valence-corrected chi connectivity index (χ2v) is 8.09. The Balaban J connectivity index is -0.0000000750. The summed E-state index contributed by atoms with van der Waals surface area (Å²) in [5.41, 5.74) is 0. The molecule has 0 aliphatic heterocycles. The van der Waals surface area contributed by atoms with Gasteiger partial charge in [0.05, 0.1) is 6.16 Å². The molecule has 22 heavy (non-hydrogen) atoms. The van der Waals surface area contributed by atoms with Crippen molar-refractivity contribution in [3.63, 3.8) is 0 Å². The summed E-state index contributed by atoms with van der Waals surface area (Å²) in [4.78, 5) is 70.5. The zero-order chi connectivity index (χ0) is 13.2. The number of rotatable bonds is 6. The molecular weight excluding hydrogens is 423 g/mol. The van der Waals surface area contributed by atoms with Gasteiger partial charge in [0, 0.05) is 13.9 Å². The zero-order valence-corrected chi connectivity index (χ0v) is 28.4. The molecule has 1 N–H and O–H groups in total. The molecule has 0 radical (unpaired) electrons. The van der Waals surface area contributed by atoms with E-state index >= 15 is 0 Å². The molecule has 9 nitrogen and oxygen atoms in total. The quantitative estimate of drug-likeness (QED) is 0.314. The van der Waals surface area contributed by atoms with E-state index in [1.165, 1.54) is 0 Å². The summed E-state index contributed by atoms with van der Waals surface area (Å²) in [6.07, 6.45) is -3.86. The van der Waals surface area contributed by atoms with E-state index < -0.39 is 47.5 Å². The summed E-state index contributed by atoms with van der Waals surface area (Å²) in [5, 5.41) is 0. The van der Waals surface area contributed by atoms with Crippen molar-refractivity contribution in [2.75, 3.05) is 18.5 Å². The largest absolute Gasteiger partial charge is 1.00 e. The van der Waals surface area contributed by atoms with E-state index in [4.69, 9.17) is 4.89 Å². The van der Waals surface area contributed by atoms with Crippen LogP contribution in [-0.4, -0.2) is 23.4 Å². The Bertz CT molecular complexity index is 304. The number of hydrogen-bond acceptors (Lipinski definition) is 9. The summed E-state index contributed by atoms with van der Waals surface area (Å²) in [6.45, 7) is 0. The smallest absolute Gasteiger partial charge is 0.811 e. The second-order valence-electron chi connectivity index (χ2n) is 3.27. The van der Waals surface area contributed by atoms with Crippen LogP contribution < -0.4 is 207 Å². The number of hydrogen-bond donors (Lipinski definition) is 1. The monoisotopic (exact) mass is 431 g/mol. The van der Waals surface area contributed by atoms with Crippen LogP contribution in [0.4, 0.5) is 0 Å². The van der Waals surface area contributed by atoms with Crippen molar-refractivity contribution in [2.24, 2.45) is 5.92 Å². The van der Waals surface area contributed by atoms with Gasteiger partial charge in [-0.1, -0.05) is 15.2 Å². The molecule has 98 valence electrons. The first kappa shape index (κ1) is 46.7. The molecule has 0 saturated carbocycles. The molecule has 0 aromatic rings. The van der Waals surface area contributed by atoms with Crippen molar-refractivity contribution in [3.8, 4) is 0 Å². The van der Waals surface area contributed by atoms with E-state index in [-0.39, 0.29) is 177 Å². The Hall–Kier alpha value is 6.61. The van der Waals surface area contributed by atoms with Crippen molar-refractivity contribution in [2.45, 2.75) is 0 Å². The summed E-state index contributed by atoms with van der Waals surface area (Å²) in [7, 11) is -15.3. The van der Waals surface area contributed by atoms with Gasteiger partial charge in [0.2, 0.25) is 0 Å². The zero-order valence-electron chi connectivity index (χ0n) is 13.8.